The molecule has 4 heteroatoms. The monoisotopic (exact) mass is 319 g/mol. The first-order chi connectivity index (χ1) is 11.7. The van der Waals surface area contributed by atoms with Crippen molar-refractivity contribution in [2.45, 2.75) is 0 Å². The zero-order valence-corrected chi connectivity index (χ0v) is 13.2. The first-order valence-corrected chi connectivity index (χ1v) is 7.53. The maximum absolute atomic E-state index is 12.1. The molecule has 0 bridgehead atoms. The first-order valence-electron chi connectivity index (χ1n) is 7.53. The van der Waals surface area contributed by atoms with Crippen LogP contribution in [0.3, 0.4) is 0 Å². The van der Waals surface area contributed by atoms with E-state index in [1.807, 2.05) is 54.6 Å². The summed E-state index contributed by atoms with van der Waals surface area (Å²) in [6, 6.07) is 23.7. The van der Waals surface area contributed by atoms with Gasteiger partial charge in [0.15, 0.2) is 0 Å². The number of methoxy groups -OCH3 is 1. The molecule has 0 radical (unpaired) electrons. The Labute approximate surface area is 140 Å². The van der Waals surface area contributed by atoms with Crippen molar-refractivity contribution in [1.29, 1.82) is 0 Å². The van der Waals surface area contributed by atoms with Crippen LogP contribution >= 0.6 is 0 Å². The predicted octanol–water partition coefficient (Wildman–Crippen LogP) is 4.74. The third kappa shape index (κ3) is 3.93. The largest absolute Gasteiger partial charge is 0.497 e. The van der Waals surface area contributed by atoms with Gasteiger partial charge in [0.2, 0.25) is 0 Å². The second-order valence-corrected chi connectivity index (χ2v) is 5.12. The van der Waals surface area contributed by atoms with Gasteiger partial charge in [0, 0.05) is 11.3 Å². The van der Waals surface area contributed by atoms with Crippen molar-refractivity contribution in [3.63, 3.8) is 0 Å². The minimum Gasteiger partial charge on any atom is -0.497 e. The van der Waals surface area contributed by atoms with Gasteiger partial charge in [-0.2, -0.15) is 0 Å². The summed E-state index contributed by atoms with van der Waals surface area (Å²) in [5.41, 5.74) is 1.34. The SMILES string of the molecule is COc1ccc(Oc2ccc(NC(=O)c3ccccc3)cc2)cc1. The van der Waals surface area contributed by atoms with Crippen LogP contribution < -0.4 is 14.8 Å². The zero-order chi connectivity index (χ0) is 16.8. The van der Waals surface area contributed by atoms with Crippen LogP contribution in [0, 0.1) is 0 Å². The fourth-order valence-electron chi connectivity index (χ4n) is 2.18. The number of benzene rings is 3. The number of rotatable bonds is 5. The van der Waals surface area contributed by atoms with Crippen molar-refractivity contribution in [3.8, 4) is 17.2 Å². The maximum atomic E-state index is 12.1. The standard InChI is InChI=1S/C20H17NO3/c1-23-17-11-13-19(14-12-17)24-18-9-7-16(8-10-18)21-20(22)15-5-3-2-4-6-15/h2-14H,1H3,(H,21,22). The number of hydrogen-bond acceptors (Lipinski definition) is 3. The molecule has 0 saturated carbocycles. The van der Waals surface area contributed by atoms with Gasteiger partial charge in [0.25, 0.3) is 5.91 Å². The van der Waals surface area contributed by atoms with E-state index in [0.29, 0.717) is 17.0 Å². The molecule has 24 heavy (non-hydrogen) atoms. The number of hydrogen-bond donors (Lipinski definition) is 1. The highest BCUT2D eigenvalue weighted by Gasteiger charge is 2.05. The number of nitrogens with one attached hydrogen (secondary N) is 1. The number of anilines is 1. The zero-order valence-electron chi connectivity index (χ0n) is 13.2. The lowest BCUT2D eigenvalue weighted by Crippen LogP contribution is -2.11. The Bertz CT molecular complexity index is 797. The van der Waals surface area contributed by atoms with Crippen molar-refractivity contribution in [3.05, 3.63) is 84.4 Å². The average molecular weight is 319 g/mol. The molecule has 0 aromatic heterocycles. The summed E-state index contributed by atoms with van der Waals surface area (Å²) < 4.78 is 10.9. The van der Waals surface area contributed by atoms with Gasteiger partial charge in [-0.3, -0.25) is 4.79 Å². The topological polar surface area (TPSA) is 47.6 Å². The van der Waals surface area contributed by atoms with Crippen molar-refractivity contribution < 1.29 is 14.3 Å². The van der Waals surface area contributed by atoms with E-state index >= 15 is 0 Å². The smallest absolute Gasteiger partial charge is 0.255 e. The second-order valence-electron chi connectivity index (χ2n) is 5.12. The van der Waals surface area contributed by atoms with Crippen molar-refractivity contribution in [2.24, 2.45) is 0 Å². The minimum absolute atomic E-state index is 0.139. The first kappa shape index (κ1) is 15.6. The lowest BCUT2D eigenvalue weighted by atomic mass is 10.2. The van der Waals surface area contributed by atoms with Crippen LogP contribution in [-0.4, -0.2) is 13.0 Å². The Morgan fingerprint density at radius 3 is 1.88 bits per heavy atom. The number of ether oxygens (including phenoxy) is 2. The lowest BCUT2D eigenvalue weighted by molar-refractivity contribution is 0.102. The van der Waals surface area contributed by atoms with Gasteiger partial charge in [-0.15, -0.1) is 0 Å². The minimum atomic E-state index is -0.139. The summed E-state index contributed by atoms with van der Waals surface area (Å²) in [5, 5.41) is 2.85. The quantitative estimate of drug-likeness (QED) is 0.739. The Morgan fingerprint density at radius 2 is 1.29 bits per heavy atom. The summed E-state index contributed by atoms with van der Waals surface area (Å²) in [7, 11) is 1.62. The second kappa shape index (κ2) is 7.33. The molecule has 0 fully saturated rings. The van der Waals surface area contributed by atoms with Crippen LogP contribution in [0.4, 0.5) is 5.69 Å². The third-order valence-corrected chi connectivity index (χ3v) is 3.44. The molecule has 3 aromatic carbocycles. The van der Waals surface area contributed by atoms with Gasteiger partial charge in [0.1, 0.15) is 17.2 Å². The van der Waals surface area contributed by atoms with E-state index in [-0.39, 0.29) is 5.91 Å². The normalized spacial score (nSPS) is 10.0. The Balaban J connectivity index is 1.63. The molecule has 0 atom stereocenters. The summed E-state index contributed by atoms with van der Waals surface area (Å²) in [6.07, 6.45) is 0. The number of amides is 1. The molecular weight excluding hydrogens is 302 g/mol. The van der Waals surface area contributed by atoms with Gasteiger partial charge in [-0.1, -0.05) is 18.2 Å². The summed E-state index contributed by atoms with van der Waals surface area (Å²) in [5.74, 6) is 2.05. The predicted molar refractivity (Wildman–Crippen MR) is 93.9 cm³/mol. The van der Waals surface area contributed by atoms with Crippen molar-refractivity contribution in [1.82, 2.24) is 0 Å². The molecule has 0 heterocycles. The van der Waals surface area contributed by atoms with Gasteiger partial charge in [-0.25, -0.2) is 0 Å². The van der Waals surface area contributed by atoms with Crippen molar-refractivity contribution in [2.75, 3.05) is 12.4 Å². The molecular formula is C20H17NO3. The molecule has 1 N–H and O–H groups in total. The molecule has 120 valence electrons. The van der Waals surface area contributed by atoms with E-state index in [4.69, 9.17) is 9.47 Å². The summed E-state index contributed by atoms with van der Waals surface area (Å²) >= 11 is 0. The highest BCUT2D eigenvalue weighted by atomic mass is 16.5. The summed E-state index contributed by atoms with van der Waals surface area (Å²) in [6.45, 7) is 0. The fourth-order valence-corrected chi connectivity index (χ4v) is 2.18. The van der Waals surface area contributed by atoms with Crippen molar-refractivity contribution >= 4 is 11.6 Å². The van der Waals surface area contributed by atoms with Gasteiger partial charge in [-0.05, 0) is 60.7 Å². The van der Waals surface area contributed by atoms with Crippen LogP contribution in [-0.2, 0) is 0 Å². The molecule has 4 nitrogen and oxygen atoms in total. The van der Waals surface area contributed by atoms with Gasteiger partial charge in [0.05, 0.1) is 7.11 Å². The Kier molecular flexibility index (Phi) is 4.77. The average Bonchev–Trinajstić information content (AvgIpc) is 2.65. The van der Waals surface area contributed by atoms with Crippen LogP contribution in [0.5, 0.6) is 17.2 Å². The lowest BCUT2D eigenvalue weighted by Gasteiger charge is -2.08. The maximum Gasteiger partial charge on any atom is 0.255 e. The molecule has 1 amide bonds. The Morgan fingerprint density at radius 1 is 0.750 bits per heavy atom. The van der Waals surface area contributed by atoms with E-state index < -0.39 is 0 Å². The van der Waals surface area contributed by atoms with E-state index in [1.165, 1.54) is 0 Å². The Hall–Kier alpha value is -3.27. The fraction of sp³-hybridized carbons (Fsp3) is 0.0500. The van der Waals surface area contributed by atoms with Crippen LogP contribution in [0.15, 0.2) is 78.9 Å². The number of carbonyl (C=O) groups is 1. The van der Waals surface area contributed by atoms with Gasteiger partial charge >= 0.3 is 0 Å². The van der Waals surface area contributed by atoms with E-state index in [1.54, 1.807) is 31.4 Å². The molecule has 0 aliphatic carbocycles. The number of carbonyl (C=O) groups excluding carboxylic acids is 1. The molecule has 0 unspecified atom stereocenters. The van der Waals surface area contributed by atoms with Crippen LogP contribution in [0.25, 0.3) is 0 Å². The molecule has 0 aliphatic heterocycles. The van der Waals surface area contributed by atoms with E-state index in [0.717, 1.165) is 11.5 Å². The highest BCUT2D eigenvalue weighted by Crippen LogP contribution is 2.25. The van der Waals surface area contributed by atoms with Crippen LogP contribution in [0.1, 0.15) is 10.4 Å². The third-order valence-electron chi connectivity index (χ3n) is 3.44. The molecule has 3 rings (SSSR count). The molecule has 0 spiro atoms. The summed E-state index contributed by atoms with van der Waals surface area (Å²) in [4.78, 5) is 12.1. The van der Waals surface area contributed by atoms with Crippen LogP contribution in [0.2, 0.25) is 0 Å². The molecule has 0 saturated heterocycles. The molecule has 3 aromatic rings. The van der Waals surface area contributed by atoms with E-state index in [2.05, 4.69) is 5.32 Å². The van der Waals surface area contributed by atoms with Gasteiger partial charge < -0.3 is 14.8 Å². The molecule has 0 aliphatic rings. The highest BCUT2D eigenvalue weighted by molar-refractivity contribution is 6.04. The van der Waals surface area contributed by atoms with E-state index in [9.17, 15) is 4.79 Å².